The molecule has 0 atom stereocenters. The van der Waals surface area contributed by atoms with Gasteiger partial charge in [0.1, 0.15) is 0 Å². The van der Waals surface area contributed by atoms with Crippen LogP contribution >= 0.6 is 62.2 Å². The number of amidine groups is 2. The predicted octanol–water partition coefficient (Wildman–Crippen LogP) is 11.7. The summed E-state index contributed by atoms with van der Waals surface area (Å²) in [7, 11) is -0.818. The average Bonchev–Trinajstić information content (AvgIpc) is 4.08. The summed E-state index contributed by atoms with van der Waals surface area (Å²) in [6, 6.07) is 55.4. The molecule has 17 heteroatoms. The minimum Gasteiger partial charge on any atom is -0.741 e. The Morgan fingerprint density at radius 1 is 0.449 bits per heavy atom. The van der Waals surface area contributed by atoms with Crippen molar-refractivity contribution in [3.8, 4) is 0 Å². The van der Waals surface area contributed by atoms with Crippen LogP contribution in [0, 0.1) is 74.8 Å². The van der Waals surface area contributed by atoms with E-state index in [2.05, 4.69) is 230 Å². The molecule has 6 nitrogen and oxygen atoms in total. The number of nitrogens with zero attached hydrogens (tertiary/aromatic N) is 4. The van der Waals surface area contributed by atoms with E-state index >= 15 is 0 Å². The minimum atomic E-state index is -0.409. The third-order valence-electron chi connectivity index (χ3n) is 8.95. The number of rotatable bonds is 10. The molecule has 0 aromatic heterocycles. The molecule has 356 valence electrons. The van der Waals surface area contributed by atoms with Gasteiger partial charge in [0.2, 0.25) is 0 Å². The van der Waals surface area contributed by atoms with Crippen LogP contribution in [0.4, 0.5) is 0 Å². The Morgan fingerprint density at radius 3 is 0.942 bits per heavy atom. The molecule has 8 rings (SSSR count). The van der Waals surface area contributed by atoms with Gasteiger partial charge in [-0.2, -0.15) is 10.2 Å². The van der Waals surface area contributed by atoms with Crippen LogP contribution in [-0.2, 0) is 83.2 Å². The Balaban J connectivity index is 0.000000313. The van der Waals surface area contributed by atoms with Gasteiger partial charge in [0, 0.05) is 11.3 Å². The zero-order valence-corrected chi connectivity index (χ0v) is 47.3. The molecule has 0 spiro atoms. The molecule has 2 aliphatic rings. The first-order valence-corrected chi connectivity index (χ1v) is 25.0. The Labute approximate surface area is 480 Å². The van der Waals surface area contributed by atoms with Crippen molar-refractivity contribution in [2.24, 2.45) is 31.9 Å². The van der Waals surface area contributed by atoms with E-state index in [1.165, 1.54) is 32.5 Å². The fourth-order valence-corrected chi connectivity index (χ4v) is 11.1. The largest absolute Gasteiger partial charge is 2.00 e. The molecule has 4 N–H and O–H groups in total. The van der Waals surface area contributed by atoms with E-state index in [9.17, 15) is 0 Å². The summed E-state index contributed by atoms with van der Waals surface area (Å²) in [5.41, 5.74) is 15.8. The Morgan fingerprint density at radius 2 is 0.710 bits per heavy atom. The van der Waals surface area contributed by atoms with Gasteiger partial charge in [-0.05, 0) is 130 Å². The molecular formula is C52H42Cl4FeN6P2Pd2S2+2. The van der Waals surface area contributed by atoms with E-state index < -0.39 is 15.8 Å². The van der Waals surface area contributed by atoms with Crippen LogP contribution in [-0.4, -0.2) is 21.8 Å². The summed E-state index contributed by atoms with van der Waals surface area (Å²) in [5, 5.41) is 22.1. The van der Waals surface area contributed by atoms with E-state index in [-0.39, 0.29) is 68.2 Å². The van der Waals surface area contributed by atoms with Gasteiger partial charge in [-0.1, -0.05) is 135 Å². The first kappa shape index (κ1) is 63.0. The van der Waals surface area contributed by atoms with Crippen molar-refractivity contribution < 1.29 is 57.9 Å². The molecule has 6 aromatic rings. The van der Waals surface area contributed by atoms with Crippen molar-refractivity contribution in [1.82, 2.24) is 0 Å². The minimum absolute atomic E-state index is 0. The van der Waals surface area contributed by atoms with Crippen molar-refractivity contribution in [3.63, 3.8) is 0 Å². The molecule has 6 aromatic carbocycles. The van der Waals surface area contributed by atoms with Crippen molar-refractivity contribution in [2.75, 3.05) is 0 Å². The van der Waals surface area contributed by atoms with Crippen LogP contribution in [0.2, 0.25) is 20.1 Å². The average molecular weight is 1290 g/mol. The van der Waals surface area contributed by atoms with Crippen molar-refractivity contribution in [3.05, 3.63) is 252 Å². The van der Waals surface area contributed by atoms with E-state index in [1.54, 1.807) is 38.1 Å². The van der Waals surface area contributed by atoms with E-state index in [4.69, 9.17) is 57.9 Å². The number of halogens is 4. The summed E-state index contributed by atoms with van der Waals surface area (Å²) in [6.07, 6.45) is 17.4. The van der Waals surface area contributed by atoms with Gasteiger partial charge in [0.15, 0.2) is 0 Å². The standard InChI is InChI=1S/2C17H14P.2C9H8Cl2N3S.Fe.2Pd/c2*1-3-9-15(10-4-1)18(17-13-7-8-14-17)16-11-5-2-6-12-16;2*1-5(13-14-9(12)15)6-2-3-7(10)8(11)4-6;;;/h2*1-14H;2*3-4H,1H3,(H3,12,14,15);;;/q;;2*-1;3*+2/p-2/b;;2*13-5+;;;. The van der Waals surface area contributed by atoms with Gasteiger partial charge < -0.3 is 36.7 Å². The normalized spacial score (nSPS) is 14.1. The fraction of sp³-hybridized carbons (Fsp3) is 0.0385. The van der Waals surface area contributed by atoms with Crippen LogP contribution in [0.15, 0.2) is 166 Å². The second-order valence-corrected chi connectivity index (χ2v) is 20.5. The third-order valence-corrected chi connectivity index (χ3v) is 15.4. The molecule has 2 aliphatic carbocycles. The maximum absolute atomic E-state index is 5.83. The first-order valence-electron chi connectivity index (χ1n) is 20.0. The first-order chi connectivity index (χ1) is 31.9. The maximum atomic E-state index is 5.83. The Bertz CT molecular complexity index is 2280. The number of nitrogens with two attached hydrogens (primary N) is 2. The molecule has 10 radical (unpaired) electrons. The number of benzene rings is 6. The molecule has 0 unspecified atom stereocenters. The van der Waals surface area contributed by atoms with Gasteiger partial charge in [-0.3, -0.25) is 0 Å². The molecule has 0 saturated heterocycles. The molecule has 2 fully saturated rings. The summed E-state index contributed by atoms with van der Waals surface area (Å²) >= 11 is 32.3. The van der Waals surface area contributed by atoms with E-state index in [0.717, 1.165) is 0 Å². The van der Waals surface area contributed by atoms with Crippen LogP contribution < -0.4 is 32.7 Å². The van der Waals surface area contributed by atoms with E-state index in [0.29, 0.717) is 42.6 Å². The van der Waals surface area contributed by atoms with Crippen molar-refractivity contribution in [1.29, 1.82) is 0 Å². The van der Waals surface area contributed by atoms with Gasteiger partial charge in [0.05, 0.1) is 0 Å². The molecule has 69 heavy (non-hydrogen) atoms. The van der Waals surface area contributed by atoms with E-state index in [1.807, 2.05) is 0 Å². The summed E-state index contributed by atoms with van der Waals surface area (Å²) in [5.74, 6) is 0. The third kappa shape index (κ3) is 21.5. The quantitative estimate of drug-likeness (QED) is 0.0271. The van der Waals surface area contributed by atoms with Crippen molar-refractivity contribution in [2.45, 2.75) is 13.8 Å². The molecule has 0 heterocycles. The number of hydrogen-bond donors (Lipinski definition) is 2. The number of hydrogen-bond acceptors (Lipinski definition) is 6. The Hall–Kier alpha value is -2.10. The topological polar surface area (TPSA) is 101 Å². The molecule has 0 aliphatic heterocycles. The summed E-state index contributed by atoms with van der Waals surface area (Å²) in [6.45, 7) is 3.50. The smallest absolute Gasteiger partial charge is 0.741 e. The Kier molecular flexibility index (Phi) is 31.4. The fourth-order valence-electron chi connectivity index (χ4n) is 5.90. The molecular weight excluding hydrogens is 1250 g/mol. The molecule has 0 bridgehead atoms. The molecule has 2 saturated carbocycles. The van der Waals surface area contributed by atoms with Crippen LogP contribution in [0.1, 0.15) is 25.0 Å². The second-order valence-electron chi connectivity index (χ2n) is 13.6. The summed E-state index contributed by atoms with van der Waals surface area (Å²) < 4.78 is 0. The molecule has 0 amide bonds. The van der Waals surface area contributed by atoms with Crippen LogP contribution in [0.25, 0.3) is 0 Å². The van der Waals surface area contributed by atoms with Gasteiger partial charge in [-0.25, -0.2) is 10.2 Å². The van der Waals surface area contributed by atoms with Crippen molar-refractivity contribution >= 4 is 130 Å². The zero-order valence-electron chi connectivity index (χ0n) is 36.6. The monoisotopic (exact) mass is 1280 g/mol. The SMILES string of the molecule is C/C(=N\N=C(\N)[S-])c1[c-]cc(Cl)c(Cl)c1.C/C(=N\N=C(\N)[S-])c1[c-]cc(Cl)c(Cl)c1.[CH]1[CH][CH][C](P(c2ccccc2)c2ccccc2)[CH]1.[CH]1[CH][CH][C](P(c2ccccc2)c2ccccc2)[CH]1.[Fe+2].[Pd+2].[Pd+2]. The van der Waals surface area contributed by atoms with Gasteiger partial charge in [0.25, 0.3) is 0 Å². The van der Waals surface area contributed by atoms with Gasteiger partial charge in [-0.15, -0.1) is 93.9 Å². The predicted molar refractivity (Wildman–Crippen MR) is 292 cm³/mol. The second kappa shape index (κ2) is 34.3. The van der Waals surface area contributed by atoms with Gasteiger partial charge >= 0.3 is 57.9 Å². The zero-order chi connectivity index (χ0) is 47.3. The summed E-state index contributed by atoms with van der Waals surface area (Å²) in [4.78, 5) is 0. The maximum Gasteiger partial charge on any atom is 2.00 e. The van der Waals surface area contributed by atoms with Crippen LogP contribution in [0.5, 0.6) is 0 Å². The van der Waals surface area contributed by atoms with Crippen LogP contribution in [0.3, 0.4) is 0 Å².